The Hall–Kier alpha value is -2.08. The molecule has 2 atom stereocenters. The van der Waals surface area contributed by atoms with Crippen molar-refractivity contribution in [2.75, 3.05) is 39.3 Å². The molecule has 3 rings (SSSR count). The number of piperidine rings is 1. The summed E-state index contributed by atoms with van der Waals surface area (Å²) >= 11 is 0. The average Bonchev–Trinajstić information content (AvgIpc) is 2.71. The predicted molar refractivity (Wildman–Crippen MR) is 114 cm³/mol. The minimum atomic E-state index is 0.000800. The number of benzene rings is 1. The molecular weight excluding hydrogens is 366 g/mol. The Morgan fingerprint density at radius 1 is 1.00 bits per heavy atom. The first-order chi connectivity index (χ1) is 14.0. The molecule has 2 aliphatic heterocycles. The summed E-state index contributed by atoms with van der Waals surface area (Å²) in [5.74, 6) is 0.894. The summed E-state index contributed by atoms with van der Waals surface area (Å²) in [4.78, 5) is 30.9. The zero-order valence-corrected chi connectivity index (χ0v) is 18.1. The molecule has 2 heterocycles. The van der Waals surface area contributed by atoms with Crippen molar-refractivity contribution in [3.63, 3.8) is 0 Å². The standard InChI is InChI=1S/C23H35N3O3/c1-18-16-25(20(3)27)17-19(2)26(18)23(28)21-8-10-22(11-9-21)29-15-7-14-24-12-5-4-6-13-24/h8-11,18-19H,4-7,12-17H2,1-3H3/t18-,19+. The molecule has 0 aromatic heterocycles. The van der Waals surface area contributed by atoms with Crippen LogP contribution in [0.25, 0.3) is 0 Å². The second-order valence-corrected chi connectivity index (χ2v) is 8.46. The summed E-state index contributed by atoms with van der Waals surface area (Å²) in [6.45, 7) is 11.0. The molecule has 2 saturated heterocycles. The zero-order valence-electron chi connectivity index (χ0n) is 18.1. The number of hydrogen-bond donors (Lipinski definition) is 0. The predicted octanol–water partition coefficient (Wildman–Crippen LogP) is 3.02. The molecule has 0 unspecified atom stereocenters. The molecule has 1 aromatic carbocycles. The lowest BCUT2D eigenvalue weighted by Gasteiger charge is -2.44. The maximum Gasteiger partial charge on any atom is 0.254 e. The number of rotatable bonds is 6. The van der Waals surface area contributed by atoms with Crippen LogP contribution < -0.4 is 4.74 Å². The van der Waals surface area contributed by atoms with E-state index in [0.717, 1.165) is 18.7 Å². The SMILES string of the molecule is CC(=O)N1C[C@@H](C)N(C(=O)c2ccc(OCCCN3CCCCC3)cc2)[C@@H](C)C1. The van der Waals surface area contributed by atoms with E-state index in [0.29, 0.717) is 25.3 Å². The summed E-state index contributed by atoms with van der Waals surface area (Å²) in [5, 5.41) is 0. The van der Waals surface area contributed by atoms with Gasteiger partial charge in [0.25, 0.3) is 5.91 Å². The number of amides is 2. The van der Waals surface area contributed by atoms with Crippen LogP contribution in [0.1, 0.15) is 56.8 Å². The van der Waals surface area contributed by atoms with Gasteiger partial charge in [0.2, 0.25) is 5.91 Å². The Kier molecular flexibility index (Phi) is 7.53. The van der Waals surface area contributed by atoms with Crippen molar-refractivity contribution >= 4 is 11.8 Å². The normalized spacial score (nSPS) is 23.1. The molecule has 29 heavy (non-hydrogen) atoms. The van der Waals surface area contributed by atoms with Gasteiger partial charge in [-0.25, -0.2) is 0 Å². The Balaban J connectivity index is 1.48. The van der Waals surface area contributed by atoms with Gasteiger partial charge in [-0.3, -0.25) is 9.59 Å². The maximum atomic E-state index is 13.0. The Morgan fingerprint density at radius 2 is 1.62 bits per heavy atom. The van der Waals surface area contributed by atoms with Crippen LogP contribution in [0.2, 0.25) is 0 Å². The molecule has 1 aromatic rings. The third kappa shape index (κ3) is 5.72. The first-order valence-electron chi connectivity index (χ1n) is 11.0. The van der Waals surface area contributed by atoms with E-state index >= 15 is 0 Å². The lowest BCUT2D eigenvalue weighted by Crippen LogP contribution is -2.59. The van der Waals surface area contributed by atoms with Crippen molar-refractivity contribution in [1.82, 2.24) is 14.7 Å². The third-order valence-corrected chi connectivity index (χ3v) is 6.04. The largest absolute Gasteiger partial charge is 0.494 e. The first-order valence-corrected chi connectivity index (χ1v) is 11.0. The van der Waals surface area contributed by atoms with E-state index < -0.39 is 0 Å². The second kappa shape index (κ2) is 10.1. The molecule has 6 heteroatoms. The highest BCUT2D eigenvalue weighted by Crippen LogP contribution is 2.21. The lowest BCUT2D eigenvalue weighted by atomic mass is 10.1. The van der Waals surface area contributed by atoms with E-state index in [1.165, 1.54) is 32.4 Å². The molecule has 0 radical (unpaired) electrons. The van der Waals surface area contributed by atoms with Gasteiger partial charge in [-0.15, -0.1) is 0 Å². The quantitative estimate of drug-likeness (QED) is 0.688. The molecule has 0 bridgehead atoms. The van der Waals surface area contributed by atoms with Crippen molar-refractivity contribution in [3.8, 4) is 5.75 Å². The van der Waals surface area contributed by atoms with Gasteiger partial charge >= 0.3 is 0 Å². The molecule has 2 fully saturated rings. The van der Waals surface area contributed by atoms with Gasteiger partial charge in [-0.2, -0.15) is 0 Å². The van der Waals surface area contributed by atoms with Crippen LogP contribution in [0.5, 0.6) is 5.75 Å². The lowest BCUT2D eigenvalue weighted by molar-refractivity contribution is -0.132. The van der Waals surface area contributed by atoms with Crippen LogP contribution in [-0.4, -0.2) is 77.9 Å². The Labute approximate surface area is 174 Å². The van der Waals surface area contributed by atoms with E-state index in [-0.39, 0.29) is 23.9 Å². The second-order valence-electron chi connectivity index (χ2n) is 8.46. The number of nitrogens with zero attached hydrogens (tertiary/aromatic N) is 3. The van der Waals surface area contributed by atoms with E-state index in [9.17, 15) is 9.59 Å². The number of carbonyl (C=O) groups is 2. The molecule has 6 nitrogen and oxygen atoms in total. The Morgan fingerprint density at radius 3 is 2.21 bits per heavy atom. The highest BCUT2D eigenvalue weighted by Gasteiger charge is 2.34. The van der Waals surface area contributed by atoms with E-state index in [1.807, 2.05) is 47.9 Å². The minimum absolute atomic E-state index is 0.000800. The van der Waals surface area contributed by atoms with Crippen molar-refractivity contribution in [2.45, 2.75) is 58.5 Å². The van der Waals surface area contributed by atoms with Gasteiger partial charge in [-0.1, -0.05) is 6.42 Å². The molecule has 0 aliphatic carbocycles. The molecular formula is C23H35N3O3. The highest BCUT2D eigenvalue weighted by atomic mass is 16.5. The summed E-state index contributed by atoms with van der Waals surface area (Å²) in [6.07, 6.45) is 5.02. The van der Waals surface area contributed by atoms with Crippen LogP contribution in [0.15, 0.2) is 24.3 Å². The fourth-order valence-corrected chi connectivity index (χ4v) is 4.48. The van der Waals surface area contributed by atoms with Crippen LogP contribution in [0.3, 0.4) is 0 Å². The molecule has 0 spiro atoms. The molecule has 0 saturated carbocycles. The van der Waals surface area contributed by atoms with Crippen LogP contribution in [-0.2, 0) is 4.79 Å². The summed E-state index contributed by atoms with van der Waals surface area (Å²) < 4.78 is 5.86. The smallest absolute Gasteiger partial charge is 0.254 e. The van der Waals surface area contributed by atoms with Gasteiger partial charge in [-0.05, 0) is 70.5 Å². The topological polar surface area (TPSA) is 53.1 Å². The van der Waals surface area contributed by atoms with Crippen LogP contribution in [0.4, 0.5) is 0 Å². The van der Waals surface area contributed by atoms with E-state index in [2.05, 4.69) is 4.90 Å². The van der Waals surface area contributed by atoms with Gasteiger partial charge in [0.15, 0.2) is 0 Å². The van der Waals surface area contributed by atoms with E-state index in [1.54, 1.807) is 6.92 Å². The molecule has 2 aliphatic rings. The van der Waals surface area contributed by atoms with Crippen LogP contribution in [0, 0.1) is 0 Å². The number of hydrogen-bond acceptors (Lipinski definition) is 4. The zero-order chi connectivity index (χ0) is 20.8. The average molecular weight is 402 g/mol. The van der Waals surface area contributed by atoms with Crippen molar-refractivity contribution < 1.29 is 14.3 Å². The number of ether oxygens (including phenoxy) is 1. The highest BCUT2D eigenvalue weighted by molar-refractivity contribution is 5.95. The van der Waals surface area contributed by atoms with Crippen LogP contribution >= 0.6 is 0 Å². The fraction of sp³-hybridized carbons (Fsp3) is 0.652. The number of likely N-dealkylation sites (tertiary alicyclic amines) is 1. The van der Waals surface area contributed by atoms with Gasteiger partial charge in [0.05, 0.1) is 6.61 Å². The fourth-order valence-electron chi connectivity index (χ4n) is 4.48. The van der Waals surface area contributed by atoms with Crippen molar-refractivity contribution in [2.24, 2.45) is 0 Å². The number of piperazine rings is 1. The van der Waals surface area contributed by atoms with Crippen molar-refractivity contribution in [1.29, 1.82) is 0 Å². The summed E-state index contributed by atoms with van der Waals surface area (Å²) in [7, 11) is 0. The summed E-state index contributed by atoms with van der Waals surface area (Å²) in [6, 6.07) is 7.46. The monoisotopic (exact) mass is 401 g/mol. The van der Waals surface area contributed by atoms with Gasteiger partial charge in [0, 0.05) is 44.2 Å². The Bertz CT molecular complexity index is 673. The molecule has 0 N–H and O–H groups in total. The minimum Gasteiger partial charge on any atom is -0.494 e. The van der Waals surface area contributed by atoms with Gasteiger partial charge < -0.3 is 19.4 Å². The van der Waals surface area contributed by atoms with Crippen molar-refractivity contribution in [3.05, 3.63) is 29.8 Å². The van der Waals surface area contributed by atoms with Gasteiger partial charge in [0.1, 0.15) is 5.75 Å². The third-order valence-electron chi connectivity index (χ3n) is 6.04. The maximum absolute atomic E-state index is 13.0. The molecule has 160 valence electrons. The molecule has 2 amide bonds. The summed E-state index contributed by atoms with van der Waals surface area (Å²) in [5.41, 5.74) is 0.667. The first kappa shape index (κ1) is 21.6. The van der Waals surface area contributed by atoms with E-state index in [4.69, 9.17) is 4.74 Å². The number of carbonyl (C=O) groups excluding carboxylic acids is 2.